The lowest BCUT2D eigenvalue weighted by Gasteiger charge is -2.14. The van der Waals surface area contributed by atoms with Gasteiger partial charge in [-0.1, -0.05) is 0 Å². The highest BCUT2D eigenvalue weighted by Crippen LogP contribution is 2.19. The van der Waals surface area contributed by atoms with Gasteiger partial charge in [-0.15, -0.1) is 0 Å². The first kappa shape index (κ1) is 14.2. The Balaban J connectivity index is 1.60. The molecule has 18 heavy (non-hydrogen) atoms. The predicted octanol–water partition coefficient (Wildman–Crippen LogP) is 0.473. The molecule has 2 aliphatic rings. The van der Waals surface area contributed by atoms with E-state index in [4.69, 9.17) is 4.74 Å². The Labute approximate surface area is 110 Å². The van der Waals surface area contributed by atoms with Crippen LogP contribution in [0.25, 0.3) is 0 Å². The second kappa shape index (κ2) is 6.32. The minimum absolute atomic E-state index is 0.171. The van der Waals surface area contributed by atoms with Crippen molar-refractivity contribution in [3.05, 3.63) is 0 Å². The van der Waals surface area contributed by atoms with Gasteiger partial charge in [-0.2, -0.15) is 0 Å². The van der Waals surface area contributed by atoms with Gasteiger partial charge in [0.15, 0.2) is 0 Å². The highest BCUT2D eigenvalue weighted by Gasteiger charge is 2.25. The number of ether oxygens (including phenoxy) is 1. The zero-order valence-electron chi connectivity index (χ0n) is 11.0. The molecular weight excluding hydrogens is 252 g/mol. The van der Waals surface area contributed by atoms with Gasteiger partial charge < -0.3 is 10.1 Å². The highest BCUT2D eigenvalue weighted by molar-refractivity contribution is 7.89. The normalized spacial score (nSPS) is 28.7. The van der Waals surface area contributed by atoms with Crippen molar-refractivity contribution in [2.45, 2.75) is 44.8 Å². The molecule has 2 N–H and O–H groups in total. The first-order valence-electron chi connectivity index (χ1n) is 6.89. The topological polar surface area (TPSA) is 67.4 Å². The maximum absolute atomic E-state index is 11.8. The van der Waals surface area contributed by atoms with Crippen LogP contribution in [0.1, 0.15) is 32.6 Å². The van der Waals surface area contributed by atoms with Crippen LogP contribution >= 0.6 is 0 Å². The molecule has 2 unspecified atom stereocenters. The number of hydrogen-bond donors (Lipinski definition) is 2. The van der Waals surface area contributed by atoms with Gasteiger partial charge in [0.2, 0.25) is 10.0 Å². The van der Waals surface area contributed by atoms with E-state index in [-0.39, 0.29) is 11.9 Å². The average molecular weight is 276 g/mol. The Morgan fingerprint density at radius 3 is 2.67 bits per heavy atom. The molecule has 0 aromatic rings. The monoisotopic (exact) mass is 276 g/mol. The smallest absolute Gasteiger partial charge is 0.211 e. The summed E-state index contributed by atoms with van der Waals surface area (Å²) in [6, 6.07) is 0.650. The zero-order chi connectivity index (χ0) is 13.0. The van der Waals surface area contributed by atoms with E-state index in [1.165, 1.54) is 12.8 Å². The molecule has 106 valence electrons. The summed E-state index contributed by atoms with van der Waals surface area (Å²) < 4.78 is 31.7. The van der Waals surface area contributed by atoms with Crippen LogP contribution in [-0.2, 0) is 14.8 Å². The Morgan fingerprint density at radius 2 is 2.06 bits per heavy atom. The van der Waals surface area contributed by atoms with Crippen molar-refractivity contribution in [3.8, 4) is 0 Å². The van der Waals surface area contributed by atoms with E-state index < -0.39 is 10.0 Å². The Hall–Kier alpha value is -0.170. The van der Waals surface area contributed by atoms with Gasteiger partial charge in [0.25, 0.3) is 0 Å². The molecular formula is C12H24N2O3S. The summed E-state index contributed by atoms with van der Waals surface area (Å²) in [6.07, 6.45) is 4.29. The standard InChI is InChI=1S/C12H24N2O3S/c1-10-11(5-7-17-10)9-14-18(15,16)8-2-6-13-12-3-4-12/h10-14H,2-9H2,1H3. The lowest BCUT2D eigenvalue weighted by atomic mass is 10.0. The van der Waals surface area contributed by atoms with E-state index in [9.17, 15) is 8.42 Å². The average Bonchev–Trinajstić information content (AvgIpc) is 3.05. The Bertz CT molecular complexity index is 354. The van der Waals surface area contributed by atoms with Gasteiger partial charge in [-0.3, -0.25) is 0 Å². The fraction of sp³-hybridized carbons (Fsp3) is 1.00. The van der Waals surface area contributed by atoms with Crippen LogP contribution in [0.3, 0.4) is 0 Å². The number of hydrogen-bond acceptors (Lipinski definition) is 4. The van der Waals surface area contributed by atoms with Gasteiger partial charge in [-0.05, 0) is 39.2 Å². The molecule has 1 aliphatic heterocycles. The molecule has 0 aromatic carbocycles. The fourth-order valence-electron chi connectivity index (χ4n) is 2.21. The third-order valence-corrected chi connectivity index (χ3v) is 5.13. The maximum Gasteiger partial charge on any atom is 0.211 e. The SMILES string of the molecule is CC1OCCC1CNS(=O)(=O)CCCNC1CC1. The summed E-state index contributed by atoms with van der Waals surface area (Å²) in [5.74, 6) is 0.540. The van der Waals surface area contributed by atoms with Crippen molar-refractivity contribution in [1.82, 2.24) is 10.0 Å². The molecule has 2 fully saturated rings. The number of rotatable bonds is 8. The molecule has 0 aromatic heterocycles. The van der Waals surface area contributed by atoms with Crippen molar-refractivity contribution in [1.29, 1.82) is 0 Å². The minimum Gasteiger partial charge on any atom is -0.378 e. The lowest BCUT2D eigenvalue weighted by Crippen LogP contribution is -2.34. The van der Waals surface area contributed by atoms with Gasteiger partial charge in [0.1, 0.15) is 0 Å². The van der Waals surface area contributed by atoms with E-state index in [1.54, 1.807) is 0 Å². The van der Waals surface area contributed by atoms with Crippen LogP contribution < -0.4 is 10.0 Å². The van der Waals surface area contributed by atoms with Crippen molar-refractivity contribution in [2.75, 3.05) is 25.4 Å². The van der Waals surface area contributed by atoms with E-state index in [0.717, 1.165) is 19.6 Å². The van der Waals surface area contributed by atoms with Crippen LogP contribution in [0.2, 0.25) is 0 Å². The van der Waals surface area contributed by atoms with E-state index in [2.05, 4.69) is 10.0 Å². The van der Waals surface area contributed by atoms with Gasteiger partial charge in [-0.25, -0.2) is 13.1 Å². The van der Waals surface area contributed by atoms with E-state index in [0.29, 0.717) is 24.9 Å². The van der Waals surface area contributed by atoms with Gasteiger partial charge in [0, 0.05) is 25.1 Å². The minimum atomic E-state index is -3.12. The van der Waals surface area contributed by atoms with E-state index >= 15 is 0 Å². The summed E-state index contributed by atoms with van der Waals surface area (Å²) in [5, 5.41) is 3.32. The summed E-state index contributed by atoms with van der Waals surface area (Å²) in [7, 11) is -3.12. The lowest BCUT2D eigenvalue weighted by molar-refractivity contribution is 0.107. The van der Waals surface area contributed by atoms with E-state index in [1.807, 2.05) is 6.92 Å². The summed E-state index contributed by atoms with van der Waals surface area (Å²) in [4.78, 5) is 0. The van der Waals surface area contributed by atoms with Crippen LogP contribution in [0.4, 0.5) is 0 Å². The quantitative estimate of drug-likeness (QED) is 0.633. The molecule has 1 heterocycles. The molecule has 2 rings (SSSR count). The largest absolute Gasteiger partial charge is 0.378 e. The van der Waals surface area contributed by atoms with Crippen LogP contribution in [0.15, 0.2) is 0 Å². The molecule has 1 saturated heterocycles. The highest BCUT2D eigenvalue weighted by atomic mass is 32.2. The molecule has 0 spiro atoms. The summed E-state index contributed by atoms with van der Waals surface area (Å²) >= 11 is 0. The third kappa shape index (κ3) is 4.84. The molecule has 0 radical (unpaired) electrons. The first-order valence-corrected chi connectivity index (χ1v) is 8.54. The Kier molecular flexibility index (Phi) is 5.00. The number of sulfonamides is 1. The molecule has 0 bridgehead atoms. The Morgan fingerprint density at radius 1 is 1.28 bits per heavy atom. The van der Waals surface area contributed by atoms with Crippen LogP contribution in [0, 0.1) is 5.92 Å². The second-order valence-corrected chi connectivity index (χ2v) is 7.30. The summed E-state index contributed by atoms with van der Waals surface area (Å²) in [5.41, 5.74) is 0. The molecule has 6 heteroatoms. The molecule has 0 amide bonds. The van der Waals surface area contributed by atoms with Crippen LogP contribution in [-0.4, -0.2) is 46.0 Å². The van der Waals surface area contributed by atoms with Gasteiger partial charge >= 0.3 is 0 Å². The number of nitrogens with one attached hydrogen (secondary N) is 2. The van der Waals surface area contributed by atoms with Crippen molar-refractivity contribution in [2.24, 2.45) is 5.92 Å². The molecule has 2 atom stereocenters. The predicted molar refractivity (Wildman–Crippen MR) is 71.0 cm³/mol. The maximum atomic E-state index is 11.8. The van der Waals surface area contributed by atoms with Gasteiger partial charge in [0.05, 0.1) is 11.9 Å². The molecule has 1 saturated carbocycles. The van der Waals surface area contributed by atoms with Crippen LogP contribution in [0.5, 0.6) is 0 Å². The fourth-order valence-corrected chi connectivity index (χ4v) is 3.34. The van der Waals surface area contributed by atoms with Crippen molar-refractivity contribution < 1.29 is 13.2 Å². The third-order valence-electron chi connectivity index (χ3n) is 3.70. The molecule has 5 nitrogen and oxygen atoms in total. The van der Waals surface area contributed by atoms with Crippen molar-refractivity contribution in [3.63, 3.8) is 0 Å². The molecule has 1 aliphatic carbocycles. The second-order valence-electron chi connectivity index (χ2n) is 5.37. The first-order chi connectivity index (χ1) is 8.57. The van der Waals surface area contributed by atoms with Crippen molar-refractivity contribution >= 4 is 10.0 Å². The zero-order valence-corrected chi connectivity index (χ0v) is 11.8. The summed E-state index contributed by atoms with van der Waals surface area (Å²) in [6.45, 7) is 4.07.